The Hall–Kier alpha value is -3.08. The number of phenols is 1. The molecule has 2 aliphatic heterocycles. The highest BCUT2D eigenvalue weighted by Crippen LogP contribution is 2.49. The zero-order chi connectivity index (χ0) is 17.7. The van der Waals surface area contributed by atoms with Gasteiger partial charge >= 0.3 is 5.97 Å². The quantitative estimate of drug-likeness (QED) is 0.488. The van der Waals surface area contributed by atoms with E-state index in [0.717, 1.165) is 11.1 Å². The molecule has 0 bridgehead atoms. The topological polar surface area (TPSA) is 72.8 Å². The highest BCUT2D eigenvalue weighted by atomic mass is 16.5. The molecule has 0 fully saturated rings. The molecule has 4 rings (SSSR count). The maximum absolute atomic E-state index is 12.6. The first-order valence-corrected chi connectivity index (χ1v) is 8.02. The lowest BCUT2D eigenvalue weighted by molar-refractivity contribution is -0.135. The van der Waals surface area contributed by atoms with Crippen LogP contribution in [0.1, 0.15) is 47.7 Å². The molecule has 126 valence electrons. The molecule has 0 aliphatic carbocycles. The van der Waals surface area contributed by atoms with E-state index in [1.807, 2.05) is 13.8 Å². The van der Waals surface area contributed by atoms with Crippen LogP contribution in [0.5, 0.6) is 17.2 Å². The Morgan fingerprint density at radius 1 is 1.04 bits per heavy atom. The number of rotatable bonds is 1. The molecule has 1 N–H and O–H groups in total. The number of esters is 1. The van der Waals surface area contributed by atoms with Crippen molar-refractivity contribution in [1.82, 2.24) is 0 Å². The minimum absolute atomic E-state index is 0.149. The number of fused-ring (bicyclic) bond motifs is 3. The van der Waals surface area contributed by atoms with Crippen LogP contribution in [0, 0.1) is 0 Å². The molecule has 25 heavy (non-hydrogen) atoms. The summed E-state index contributed by atoms with van der Waals surface area (Å²) in [6.07, 6.45) is 0.149. The minimum Gasteiger partial charge on any atom is -0.508 e. The molecule has 2 aromatic rings. The van der Waals surface area contributed by atoms with Crippen LogP contribution in [0.3, 0.4) is 0 Å². The average Bonchev–Trinajstić information content (AvgIpc) is 2.92. The summed E-state index contributed by atoms with van der Waals surface area (Å²) in [6, 6.07) is 9.96. The van der Waals surface area contributed by atoms with Crippen LogP contribution in [0.15, 0.2) is 47.7 Å². The monoisotopic (exact) mass is 336 g/mol. The van der Waals surface area contributed by atoms with Crippen LogP contribution in [-0.2, 0) is 4.79 Å². The van der Waals surface area contributed by atoms with Gasteiger partial charge in [-0.2, -0.15) is 0 Å². The number of carbonyl (C=O) groups excluding carboxylic acids is 2. The van der Waals surface area contributed by atoms with Crippen molar-refractivity contribution < 1.29 is 24.2 Å². The number of benzene rings is 2. The van der Waals surface area contributed by atoms with Crippen molar-refractivity contribution in [2.75, 3.05) is 0 Å². The SMILES string of the molecule is CC(C)=C1Oc2c(ccc3c2[C@@H](c2ccc(O)cc2)CC(=O)O3)C1=O. The van der Waals surface area contributed by atoms with E-state index in [-0.39, 0.29) is 29.8 Å². The summed E-state index contributed by atoms with van der Waals surface area (Å²) < 4.78 is 11.2. The van der Waals surface area contributed by atoms with E-state index in [4.69, 9.17) is 9.47 Å². The van der Waals surface area contributed by atoms with E-state index in [1.54, 1.807) is 36.4 Å². The van der Waals surface area contributed by atoms with E-state index in [2.05, 4.69) is 0 Å². The van der Waals surface area contributed by atoms with Gasteiger partial charge in [0.15, 0.2) is 5.76 Å². The molecule has 2 aromatic carbocycles. The van der Waals surface area contributed by atoms with Crippen molar-refractivity contribution in [3.05, 3.63) is 64.4 Å². The lowest BCUT2D eigenvalue weighted by Crippen LogP contribution is -2.21. The van der Waals surface area contributed by atoms with Gasteiger partial charge < -0.3 is 14.6 Å². The lowest BCUT2D eigenvalue weighted by Gasteiger charge is -2.26. The molecule has 5 heteroatoms. The number of Topliss-reactive ketones (excluding diaryl/α,β-unsaturated/α-hetero) is 1. The number of allylic oxidation sites excluding steroid dienone is 2. The Morgan fingerprint density at radius 2 is 1.76 bits per heavy atom. The average molecular weight is 336 g/mol. The largest absolute Gasteiger partial charge is 0.508 e. The summed E-state index contributed by atoms with van der Waals surface area (Å²) in [4.78, 5) is 24.6. The molecule has 0 radical (unpaired) electrons. The third kappa shape index (κ3) is 2.39. The van der Waals surface area contributed by atoms with Crippen molar-refractivity contribution in [3.63, 3.8) is 0 Å². The van der Waals surface area contributed by atoms with Gasteiger partial charge in [0.25, 0.3) is 0 Å². The van der Waals surface area contributed by atoms with Gasteiger partial charge in [-0.3, -0.25) is 9.59 Å². The van der Waals surface area contributed by atoms with Crippen LogP contribution < -0.4 is 9.47 Å². The second kappa shape index (κ2) is 5.48. The number of phenolic OH excluding ortho intramolecular Hbond substituents is 1. The zero-order valence-corrected chi connectivity index (χ0v) is 13.8. The van der Waals surface area contributed by atoms with E-state index in [0.29, 0.717) is 28.4 Å². The van der Waals surface area contributed by atoms with Crippen molar-refractivity contribution >= 4 is 11.8 Å². The van der Waals surface area contributed by atoms with Gasteiger partial charge in [0, 0.05) is 11.5 Å². The first-order valence-electron chi connectivity index (χ1n) is 8.02. The third-order valence-electron chi connectivity index (χ3n) is 4.50. The van der Waals surface area contributed by atoms with Gasteiger partial charge in [-0.05, 0) is 49.2 Å². The Kier molecular flexibility index (Phi) is 3.39. The number of hydrogen-bond donors (Lipinski definition) is 1. The molecule has 0 saturated carbocycles. The zero-order valence-electron chi connectivity index (χ0n) is 13.8. The molecule has 1 atom stereocenters. The van der Waals surface area contributed by atoms with Crippen molar-refractivity contribution in [2.24, 2.45) is 0 Å². The van der Waals surface area contributed by atoms with Crippen LogP contribution in [-0.4, -0.2) is 16.9 Å². The van der Waals surface area contributed by atoms with E-state index < -0.39 is 0 Å². The molecule has 0 amide bonds. The van der Waals surface area contributed by atoms with Crippen molar-refractivity contribution in [1.29, 1.82) is 0 Å². The number of carbonyl (C=O) groups is 2. The molecular weight excluding hydrogens is 320 g/mol. The molecule has 2 aliphatic rings. The molecule has 0 unspecified atom stereocenters. The smallest absolute Gasteiger partial charge is 0.312 e. The highest BCUT2D eigenvalue weighted by Gasteiger charge is 2.38. The highest BCUT2D eigenvalue weighted by molar-refractivity contribution is 6.13. The fourth-order valence-electron chi connectivity index (χ4n) is 3.31. The lowest BCUT2D eigenvalue weighted by atomic mass is 9.84. The second-order valence-electron chi connectivity index (χ2n) is 6.44. The van der Waals surface area contributed by atoms with Gasteiger partial charge in [0.2, 0.25) is 5.78 Å². The molecule has 5 nitrogen and oxygen atoms in total. The van der Waals surface area contributed by atoms with Gasteiger partial charge in [0.1, 0.15) is 17.2 Å². The summed E-state index contributed by atoms with van der Waals surface area (Å²) >= 11 is 0. The fraction of sp³-hybridized carbons (Fsp3) is 0.200. The summed E-state index contributed by atoms with van der Waals surface area (Å²) in [5, 5.41) is 9.52. The molecule has 0 spiro atoms. The third-order valence-corrected chi connectivity index (χ3v) is 4.50. The molecule has 0 aromatic heterocycles. The molecular formula is C20H16O5. The Bertz CT molecular complexity index is 933. The first kappa shape index (κ1) is 15.4. The first-order chi connectivity index (χ1) is 12.0. The van der Waals surface area contributed by atoms with E-state index in [1.165, 1.54) is 0 Å². The summed E-state index contributed by atoms with van der Waals surface area (Å²) in [5.74, 6) is 0.566. The van der Waals surface area contributed by atoms with Crippen LogP contribution in [0.2, 0.25) is 0 Å². The Balaban J connectivity index is 1.91. The standard InChI is InChI=1S/C20H16O5/c1-10(2)19-18(23)13-7-8-15-17(20(13)25-19)14(9-16(22)24-15)11-3-5-12(21)6-4-11/h3-8,14,21H,9H2,1-2H3/t14-/m1/s1. The predicted octanol–water partition coefficient (Wildman–Crippen LogP) is 3.70. The van der Waals surface area contributed by atoms with E-state index >= 15 is 0 Å². The maximum Gasteiger partial charge on any atom is 0.312 e. The van der Waals surface area contributed by atoms with Gasteiger partial charge in [-0.1, -0.05) is 12.1 Å². The van der Waals surface area contributed by atoms with E-state index in [9.17, 15) is 14.7 Å². The van der Waals surface area contributed by atoms with Crippen molar-refractivity contribution in [3.8, 4) is 17.2 Å². The Labute approximate surface area is 144 Å². The Morgan fingerprint density at radius 3 is 2.44 bits per heavy atom. The number of aromatic hydroxyl groups is 1. The molecule has 0 saturated heterocycles. The van der Waals surface area contributed by atoms with Gasteiger partial charge in [-0.15, -0.1) is 0 Å². The number of ketones is 1. The van der Waals surface area contributed by atoms with Crippen molar-refractivity contribution in [2.45, 2.75) is 26.2 Å². The van der Waals surface area contributed by atoms with Crippen LogP contribution >= 0.6 is 0 Å². The second-order valence-corrected chi connectivity index (χ2v) is 6.44. The number of ether oxygens (including phenoxy) is 2. The maximum atomic E-state index is 12.6. The summed E-state index contributed by atoms with van der Waals surface area (Å²) in [7, 11) is 0. The predicted molar refractivity (Wildman–Crippen MR) is 90.0 cm³/mol. The minimum atomic E-state index is -0.336. The summed E-state index contributed by atoms with van der Waals surface area (Å²) in [5.41, 5.74) is 2.83. The fourth-order valence-corrected chi connectivity index (χ4v) is 3.31. The van der Waals surface area contributed by atoms with Gasteiger partial charge in [0.05, 0.1) is 12.0 Å². The van der Waals surface area contributed by atoms with Crippen LogP contribution in [0.4, 0.5) is 0 Å². The molecule has 2 heterocycles. The van der Waals surface area contributed by atoms with Crippen LogP contribution in [0.25, 0.3) is 0 Å². The van der Waals surface area contributed by atoms with Gasteiger partial charge in [-0.25, -0.2) is 0 Å². The summed E-state index contributed by atoms with van der Waals surface area (Å²) in [6.45, 7) is 3.64. The normalized spacial score (nSPS) is 18.3. The number of hydrogen-bond acceptors (Lipinski definition) is 5.